The highest BCUT2D eigenvalue weighted by molar-refractivity contribution is 6.31. The van der Waals surface area contributed by atoms with E-state index in [2.05, 4.69) is 0 Å². The largest absolute Gasteiger partial charge is 0.378 e. The molecule has 0 bridgehead atoms. The predicted octanol–water partition coefficient (Wildman–Crippen LogP) is 1.97. The van der Waals surface area contributed by atoms with Gasteiger partial charge < -0.3 is 14.2 Å². The van der Waals surface area contributed by atoms with Gasteiger partial charge in [0.1, 0.15) is 6.54 Å². The first-order valence-electron chi connectivity index (χ1n) is 6.78. The number of nitrogens with zero attached hydrogens (tertiary/aromatic N) is 2. The van der Waals surface area contributed by atoms with Crippen molar-refractivity contribution in [3.63, 3.8) is 0 Å². The molecule has 0 aliphatic carbocycles. The summed E-state index contributed by atoms with van der Waals surface area (Å²) in [5.74, 6) is 0.0209. The highest BCUT2D eigenvalue weighted by Gasteiger charge is 2.18. The fourth-order valence-electron chi connectivity index (χ4n) is 2.58. The highest BCUT2D eigenvalue weighted by Crippen LogP contribution is 2.24. The van der Waals surface area contributed by atoms with E-state index in [4.69, 9.17) is 16.3 Å². The molecule has 0 radical (unpaired) electrons. The highest BCUT2D eigenvalue weighted by atomic mass is 35.5. The van der Waals surface area contributed by atoms with Gasteiger partial charge in [-0.05, 0) is 12.1 Å². The van der Waals surface area contributed by atoms with Crippen LogP contribution < -0.4 is 0 Å². The number of carbonyl (C=O) groups is 2. The number of halogens is 1. The van der Waals surface area contributed by atoms with Gasteiger partial charge >= 0.3 is 0 Å². The molecule has 1 saturated heterocycles. The Labute approximate surface area is 127 Å². The molecule has 0 N–H and O–H groups in total. The van der Waals surface area contributed by atoms with Gasteiger partial charge in [-0.15, -0.1) is 0 Å². The predicted molar refractivity (Wildman–Crippen MR) is 79.7 cm³/mol. The molecule has 1 aromatic carbocycles. The van der Waals surface area contributed by atoms with Crippen LogP contribution in [0.4, 0.5) is 0 Å². The topological polar surface area (TPSA) is 51.5 Å². The maximum absolute atomic E-state index is 12.3. The van der Waals surface area contributed by atoms with Gasteiger partial charge in [-0.1, -0.05) is 17.7 Å². The van der Waals surface area contributed by atoms with Gasteiger partial charge in [0.15, 0.2) is 6.29 Å². The molecule has 1 fully saturated rings. The normalized spacial score (nSPS) is 15.4. The summed E-state index contributed by atoms with van der Waals surface area (Å²) in [6.07, 6.45) is 2.50. The van der Waals surface area contributed by atoms with Crippen molar-refractivity contribution >= 4 is 34.7 Å². The minimum Gasteiger partial charge on any atom is -0.378 e. The summed E-state index contributed by atoms with van der Waals surface area (Å²) in [7, 11) is 0. The first-order chi connectivity index (χ1) is 10.2. The zero-order chi connectivity index (χ0) is 14.8. The quantitative estimate of drug-likeness (QED) is 0.815. The van der Waals surface area contributed by atoms with Crippen molar-refractivity contribution in [2.45, 2.75) is 6.54 Å². The van der Waals surface area contributed by atoms with Gasteiger partial charge in [-0.3, -0.25) is 9.59 Å². The molecule has 0 saturated carbocycles. The number of amides is 1. The molecular weight excluding hydrogens is 292 g/mol. The number of fused-ring (bicyclic) bond motifs is 1. The Morgan fingerprint density at radius 2 is 2.10 bits per heavy atom. The van der Waals surface area contributed by atoms with E-state index in [1.54, 1.807) is 33.9 Å². The van der Waals surface area contributed by atoms with Crippen LogP contribution in [0.15, 0.2) is 24.4 Å². The monoisotopic (exact) mass is 306 g/mol. The SMILES string of the molecule is O=Cc1cn(CC(=O)N2CCOCC2)c2cc(Cl)ccc12. The average Bonchev–Trinajstić information content (AvgIpc) is 2.85. The zero-order valence-corrected chi connectivity index (χ0v) is 12.2. The molecule has 0 spiro atoms. The first kappa shape index (κ1) is 14.1. The van der Waals surface area contributed by atoms with Crippen LogP contribution in [0, 0.1) is 0 Å². The van der Waals surface area contributed by atoms with Crippen molar-refractivity contribution < 1.29 is 14.3 Å². The van der Waals surface area contributed by atoms with Crippen LogP contribution in [0.25, 0.3) is 10.9 Å². The molecule has 1 aliphatic heterocycles. The fraction of sp³-hybridized carbons (Fsp3) is 0.333. The summed E-state index contributed by atoms with van der Waals surface area (Å²) in [5.41, 5.74) is 1.36. The minimum absolute atomic E-state index is 0.0209. The first-order valence-corrected chi connectivity index (χ1v) is 7.16. The number of hydrogen-bond acceptors (Lipinski definition) is 3. The van der Waals surface area contributed by atoms with Crippen LogP contribution in [0.1, 0.15) is 10.4 Å². The van der Waals surface area contributed by atoms with Crippen LogP contribution in [-0.4, -0.2) is 48.0 Å². The lowest BCUT2D eigenvalue weighted by Crippen LogP contribution is -2.42. The Bertz CT molecular complexity index is 690. The summed E-state index contributed by atoms with van der Waals surface area (Å²) in [4.78, 5) is 25.2. The van der Waals surface area contributed by atoms with Crippen molar-refractivity contribution in [1.29, 1.82) is 0 Å². The molecule has 0 unspecified atom stereocenters. The summed E-state index contributed by atoms with van der Waals surface area (Å²) < 4.78 is 7.02. The van der Waals surface area contributed by atoms with Crippen molar-refractivity contribution in [2.24, 2.45) is 0 Å². The lowest BCUT2D eigenvalue weighted by molar-refractivity contribution is -0.135. The van der Waals surface area contributed by atoms with Gasteiger partial charge in [-0.25, -0.2) is 0 Å². The number of rotatable bonds is 3. The Hall–Kier alpha value is -1.85. The van der Waals surface area contributed by atoms with Gasteiger partial charge in [0.05, 0.1) is 18.7 Å². The molecule has 2 heterocycles. The van der Waals surface area contributed by atoms with Crippen molar-refractivity contribution in [1.82, 2.24) is 9.47 Å². The molecule has 6 heteroatoms. The molecule has 1 amide bonds. The standard InChI is InChI=1S/C15H15ClN2O3/c16-12-1-2-13-11(10-19)8-18(14(13)7-12)9-15(20)17-3-5-21-6-4-17/h1-2,7-8,10H,3-6,9H2. The smallest absolute Gasteiger partial charge is 0.242 e. The molecular formula is C15H15ClN2O3. The van der Waals surface area contributed by atoms with Gasteiger partial charge in [-0.2, -0.15) is 0 Å². The molecule has 5 nitrogen and oxygen atoms in total. The Morgan fingerprint density at radius 1 is 1.33 bits per heavy atom. The average molecular weight is 307 g/mol. The summed E-state index contributed by atoms with van der Waals surface area (Å²) in [6.45, 7) is 2.57. The van der Waals surface area contributed by atoms with Crippen molar-refractivity contribution in [3.8, 4) is 0 Å². The lowest BCUT2D eigenvalue weighted by atomic mass is 10.2. The van der Waals surface area contributed by atoms with E-state index in [0.717, 1.165) is 17.2 Å². The Kier molecular flexibility index (Phi) is 3.94. The third-order valence-electron chi connectivity index (χ3n) is 3.67. The van der Waals surface area contributed by atoms with Crippen LogP contribution in [-0.2, 0) is 16.1 Å². The number of aldehydes is 1. The molecule has 1 aliphatic rings. The van der Waals surface area contributed by atoms with E-state index in [-0.39, 0.29) is 12.5 Å². The number of ether oxygens (including phenoxy) is 1. The van der Waals surface area contributed by atoms with E-state index in [1.807, 2.05) is 0 Å². The maximum atomic E-state index is 12.3. The van der Waals surface area contributed by atoms with E-state index in [1.165, 1.54) is 0 Å². The third kappa shape index (κ3) is 2.80. The fourth-order valence-corrected chi connectivity index (χ4v) is 2.74. The number of benzene rings is 1. The second kappa shape index (κ2) is 5.87. The van der Waals surface area contributed by atoms with Crippen LogP contribution in [0.3, 0.4) is 0 Å². The van der Waals surface area contributed by atoms with Crippen LogP contribution >= 0.6 is 11.6 Å². The number of morpholine rings is 1. The Balaban J connectivity index is 1.90. The van der Waals surface area contributed by atoms with Crippen LogP contribution in [0.2, 0.25) is 5.02 Å². The molecule has 0 atom stereocenters. The lowest BCUT2D eigenvalue weighted by Gasteiger charge is -2.27. The molecule has 21 heavy (non-hydrogen) atoms. The Morgan fingerprint density at radius 3 is 2.81 bits per heavy atom. The van der Waals surface area contributed by atoms with Crippen LogP contribution in [0.5, 0.6) is 0 Å². The second-order valence-corrected chi connectivity index (χ2v) is 5.42. The van der Waals surface area contributed by atoms with Gasteiger partial charge in [0.2, 0.25) is 5.91 Å². The number of hydrogen-bond donors (Lipinski definition) is 0. The number of carbonyl (C=O) groups excluding carboxylic acids is 2. The van der Waals surface area contributed by atoms with Crippen molar-refractivity contribution in [3.05, 3.63) is 35.0 Å². The zero-order valence-electron chi connectivity index (χ0n) is 11.4. The molecule has 1 aromatic heterocycles. The molecule has 2 aromatic rings. The van der Waals surface area contributed by atoms with E-state index in [9.17, 15) is 9.59 Å². The summed E-state index contributed by atoms with van der Waals surface area (Å²) in [5, 5.41) is 1.39. The van der Waals surface area contributed by atoms with Gasteiger partial charge in [0, 0.05) is 35.3 Å². The van der Waals surface area contributed by atoms with Crippen molar-refractivity contribution in [2.75, 3.05) is 26.3 Å². The second-order valence-electron chi connectivity index (χ2n) is 4.98. The molecule has 110 valence electrons. The summed E-state index contributed by atoms with van der Waals surface area (Å²) >= 11 is 6.01. The number of aromatic nitrogens is 1. The third-order valence-corrected chi connectivity index (χ3v) is 3.91. The van der Waals surface area contributed by atoms with E-state index in [0.29, 0.717) is 36.9 Å². The maximum Gasteiger partial charge on any atom is 0.242 e. The summed E-state index contributed by atoms with van der Waals surface area (Å²) in [6, 6.07) is 5.32. The molecule has 3 rings (SSSR count). The van der Waals surface area contributed by atoms with Gasteiger partial charge in [0.25, 0.3) is 0 Å². The van der Waals surface area contributed by atoms with E-state index < -0.39 is 0 Å². The minimum atomic E-state index is 0.0209. The van der Waals surface area contributed by atoms with E-state index >= 15 is 0 Å².